The normalized spacial score (nSPS) is 14.4. The van der Waals surface area contributed by atoms with Crippen LogP contribution in [0.15, 0.2) is 0 Å². The van der Waals surface area contributed by atoms with E-state index in [9.17, 15) is 4.39 Å². The second-order valence-electron chi connectivity index (χ2n) is 3.71. The first-order chi connectivity index (χ1) is 6.48. The molecule has 0 aliphatic rings. The van der Waals surface area contributed by atoms with E-state index in [1.165, 1.54) is 25.7 Å². The Morgan fingerprint density at radius 1 is 1.00 bits per heavy atom. The van der Waals surface area contributed by atoms with Crippen LogP contribution in [-0.4, -0.2) is 9.58 Å². The van der Waals surface area contributed by atoms with E-state index in [4.69, 9.17) is 0 Å². The first-order valence-corrected chi connectivity index (χ1v) is 6.63. The van der Waals surface area contributed by atoms with Crippen molar-refractivity contribution >= 4 is 37.9 Å². The summed E-state index contributed by atoms with van der Waals surface area (Å²) >= 11 is 11.9. The van der Waals surface area contributed by atoms with Gasteiger partial charge in [0, 0.05) is 0 Å². The summed E-state index contributed by atoms with van der Waals surface area (Å²) in [5, 5.41) is 0. The molecule has 4 heteroatoms. The van der Waals surface area contributed by atoms with E-state index in [1.54, 1.807) is 0 Å². The molecule has 0 aliphatic carbocycles. The van der Waals surface area contributed by atoms with Gasteiger partial charge in [-0.1, -0.05) is 45.4 Å². The van der Waals surface area contributed by atoms with Gasteiger partial charge in [-0.3, -0.25) is 0 Å². The molecule has 0 rings (SSSR count). The number of thiol groups is 3. The van der Waals surface area contributed by atoms with Crippen LogP contribution in [0.4, 0.5) is 4.39 Å². The van der Waals surface area contributed by atoms with E-state index in [1.807, 2.05) is 0 Å². The van der Waals surface area contributed by atoms with E-state index in [0.717, 1.165) is 12.8 Å². The molecular formula is C10H21FS3. The highest BCUT2D eigenvalue weighted by molar-refractivity contribution is 8.17. The molecule has 0 heterocycles. The Morgan fingerprint density at radius 2 is 1.50 bits per heavy atom. The molecule has 0 saturated heterocycles. The highest BCUT2D eigenvalue weighted by Gasteiger charge is 2.26. The van der Waals surface area contributed by atoms with E-state index in [2.05, 4.69) is 44.8 Å². The summed E-state index contributed by atoms with van der Waals surface area (Å²) in [7, 11) is 0. The Morgan fingerprint density at radius 3 is 2.00 bits per heavy atom. The lowest BCUT2D eigenvalue weighted by atomic mass is 10.1. The molecule has 1 unspecified atom stereocenters. The van der Waals surface area contributed by atoms with Crippen LogP contribution in [-0.2, 0) is 0 Å². The minimum absolute atomic E-state index is 0.516. The molecule has 0 aromatic rings. The van der Waals surface area contributed by atoms with Crippen molar-refractivity contribution in [3.63, 3.8) is 0 Å². The van der Waals surface area contributed by atoms with Crippen LogP contribution in [0.1, 0.15) is 51.9 Å². The summed E-state index contributed by atoms with van der Waals surface area (Å²) in [5.41, 5.74) is 0. The van der Waals surface area contributed by atoms with Crippen LogP contribution in [0.25, 0.3) is 0 Å². The molecule has 1 atom stereocenters. The fourth-order valence-corrected chi connectivity index (χ4v) is 1.68. The topological polar surface area (TPSA) is 0 Å². The summed E-state index contributed by atoms with van der Waals surface area (Å²) < 4.78 is 12.2. The van der Waals surface area contributed by atoms with Gasteiger partial charge in [0.15, 0.2) is 0 Å². The fraction of sp³-hybridized carbons (Fsp3) is 1.00. The quantitative estimate of drug-likeness (QED) is 0.317. The molecule has 0 saturated carbocycles. The van der Waals surface area contributed by atoms with Crippen LogP contribution in [0, 0.1) is 0 Å². The molecule has 0 nitrogen and oxygen atoms in total. The predicted octanol–water partition coefficient (Wildman–Crippen LogP) is 4.52. The minimum Gasteiger partial charge on any atom is -0.244 e. The predicted molar refractivity (Wildman–Crippen MR) is 72.6 cm³/mol. The summed E-state index contributed by atoms with van der Waals surface area (Å²) in [6.07, 6.45) is 6.50. The van der Waals surface area contributed by atoms with Gasteiger partial charge in [0.2, 0.25) is 0 Å². The van der Waals surface area contributed by atoms with Crippen molar-refractivity contribution < 1.29 is 4.39 Å². The fourth-order valence-electron chi connectivity index (χ4n) is 1.30. The third-order valence-electron chi connectivity index (χ3n) is 2.23. The maximum atomic E-state index is 13.3. The number of halogens is 1. The largest absolute Gasteiger partial charge is 0.244 e. The second-order valence-corrected chi connectivity index (χ2v) is 6.89. The average molecular weight is 256 g/mol. The van der Waals surface area contributed by atoms with Crippen molar-refractivity contribution in [2.75, 3.05) is 0 Å². The Labute approximate surface area is 104 Å². The number of alkyl halides is 1. The van der Waals surface area contributed by atoms with Gasteiger partial charge in [-0.25, -0.2) is 4.39 Å². The van der Waals surface area contributed by atoms with Gasteiger partial charge in [-0.05, 0) is 6.42 Å². The van der Waals surface area contributed by atoms with Crippen LogP contribution < -0.4 is 0 Å². The molecule has 86 valence electrons. The maximum absolute atomic E-state index is 13.3. The number of unbranched alkanes of at least 4 members (excludes halogenated alkanes) is 5. The van der Waals surface area contributed by atoms with Crippen molar-refractivity contribution in [2.24, 2.45) is 0 Å². The molecule has 0 aromatic carbocycles. The number of rotatable bonds is 8. The van der Waals surface area contributed by atoms with Crippen molar-refractivity contribution in [3.05, 3.63) is 0 Å². The Bertz CT molecular complexity index is 134. The third-order valence-corrected chi connectivity index (χ3v) is 3.07. The minimum atomic E-state index is -1.08. The molecule has 0 bridgehead atoms. The third kappa shape index (κ3) is 8.30. The lowest BCUT2D eigenvalue weighted by Crippen LogP contribution is -2.20. The zero-order valence-electron chi connectivity index (χ0n) is 8.75. The molecule has 0 fully saturated rings. The van der Waals surface area contributed by atoms with Gasteiger partial charge >= 0.3 is 0 Å². The monoisotopic (exact) mass is 256 g/mol. The summed E-state index contributed by atoms with van der Waals surface area (Å²) in [5.74, 6) is 0. The molecule has 0 aliphatic heterocycles. The molecular weight excluding hydrogens is 235 g/mol. The summed E-state index contributed by atoms with van der Waals surface area (Å²) in [6.45, 7) is 2.19. The lowest BCUT2D eigenvalue weighted by molar-refractivity contribution is 0.318. The van der Waals surface area contributed by atoms with Crippen molar-refractivity contribution in [1.29, 1.82) is 0 Å². The first-order valence-electron chi connectivity index (χ1n) is 5.29. The van der Waals surface area contributed by atoms with Gasteiger partial charge in [0.25, 0.3) is 0 Å². The number of hydrogen-bond acceptors (Lipinski definition) is 3. The van der Waals surface area contributed by atoms with Gasteiger partial charge in [-0.2, -0.15) is 0 Å². The van der Waals surface area contributed by atoms with E-state index in [-0.39, 0.29) is 0 Å². The molecule has 0 aromatic heterocycles. The second kappa shape index (κ2) is 8.17. The molecule has 14 heavy (non-hydrogen) atoms. The van der Waals surface area contributed by atoms with Crippen molar-refractivity contribution in [2.45, 2.75) is 61.5 Å². The molecule has 0 spiro atoms. The highest BCUT2D eigenvalue weighted by atomic mass is 32.2. The molecule has 0 amide bonds. The SMILES string of the molecule is CCCCCCCCC(F)C(S)(S)S. The zero-order chi connectivity index (χ0) is 11.0. The Balaban J connectivity index is 3.28. The van der Waals surface area contributed by atoms with Crippen molar-refractivity contribution in [3.8, 4) is 0 Å². The van der Waals surface area contributed by atoms with Crippen LogP contribution >= 0.6 is 37.9 Å². The lowest BCUT2D eigenvalue weighted by Gasteiger charge is -2.20. The van der Waals surface area contributed by atoms with Gasteiger partial charge in [-0.15, -0.1) is 37.9 Å². The van der Waals surface area contributed by atoms with Crippen molar-refractivity contribution in [1.82, 2.24) is 0 Å². The van der Waals surface area contributed by atoms with Crippen LogP contribution in [0.5, 0.6) is 0 Å². The maximum Gasteiger partial charge on any atom is 0.132 e. The first kappa shape index (κ1) is 15.0. The van der Waals surface area contributed by atoms with Gasteiger partial charge < -0.3 is 0 Å². The summed E-state index contributed by atoms with van der Waals surface area (Å²) in [6, 6.07) is 0. The molecule has 0 N–H and O–H groups in total. The van der Waals surface area contributed by atoms with E-state index in [0.29, 0.717) is 6.42 Å². The average Bonchev–Trinajstić information content (AvgIpc) is 2.09. The molecule has 0 radical (unpaired) electrons. The highest BCUT2D eigenvalue weighted by Crippen LogP contribution is 2.33. The Hall–Kier alpha value is 0.980. The van der Waals surface area contributed by atoms with Gasteiger partial charge in [0.1, 0.15) is 9.58 Å². The van der Waals surface area contributed by atoms with Crippen LogP contribution in [0.2, 0.25) is 0 Å². The van der Waals surface area contributed by atoms with E-state index >= 15 is 0 Å². The smallest absolute Gasteiger partial charge is 0.132 e. The van der Waals surface area contributed by atoms with Crippen LogP contribution in [0.3, 0.4) is 0 Å². The standard InChI is InChI=1S/C10H21FS3/c1-2-3-4-5-6-7-8-9(11)10(12,13)14/h9,12-14H,2-8H2,1H3. The van der Waals surface area contributed by atoms with Gasteiger partial charge in [0.05, 0.1) is 0 Å². The van der Waals surface area contributed by atoms with E-state index < -0.39 is 9.58 Å². The number of hydrogen-bond donors (Lipinski definition) is 3. The summed E-state index contributed by atoms with van der Waals surface area (Å²) in [4.78, 5) is 0. The Kier molecular flexibility index (Phi) is 8.74. The zero-order valence-corrected chi connectivity index (χ0v) is 11.4.